The van der Waals surface area contributed by atoms with Gasteiger partial charge in [0, 0.05) is 17.1 Å². The van der Waals surface area contributed by atoms with Crippen molar-refractivity contribution in [1.82, 2.24) is 0 Å². The second kappa shape index (κ2) is 6.64. The van der Waals surface area contributed by atoms with E-state index in [1.54, 1.807) is 7.11 Å². The summed E-state index contributed by atoms with van der Waals surface area (Å²) in [5.41, 5.74) is 4.86. The molecule has 0 atom stereocenters. The van der Waals surface area contributed by atoms with E-state index in [0.29, 0.717) is 0 Å². The summed E-state index contributed by atoms with van der Waals surface area (Å²) < 4.78 is 7.27. The van der Waals surface area contributed by atoms with E-state index < -0.39 is 0 Å². The molecule has 0 heterocycles. The number of methoxy groups -OCH3 is 1. The average Bonchev–Trinajstić information content (AvgIpc) is 2.36. The normalized spacial score (nSPS) is 10.4. The Labute approximate surface area is 136 Å². The SMILES string of the molecule is COc1cc(NCc2cc(C)cc(C)c2)c(Br)cc1Br. The zero-order valence-corrected chi connectivity index (χ0v) is 14.9. The molecule has 2 rings (SSSR count). The van der Waals surface area contributed by atoms with Gasteiger partial charge in [0.1, 0.15) is 5.75 Å². The zero-order valence-electron chi connectivity index (χ0n) is 11.8. The molecule has 2 aromatic carbocycles. The van der Waals surface area contributed by atoms with Gasteiger partial charge in [0.15, 0.2) is 0 Å². The molecule has 0 radical (unpaired) electrons. The molecule has 106 valence electrons. The summed E-state index contributed by atoms with van der Waals surface area (Å²) >= 11 is 7.04. The summed E-state index contributed by atoms with van der Waals surface area (Å²) in [5.74, 6) is 0.816. The molecular formula is C16H17Br2NO. The van der Waals surface area contributed by atoms with Gasteiger partial charge in [-0.2, -0.15) is 0 Å². The highest BCUT2D eigenvalue weighted by Crippen LogP contribution is 2.34. The van der Waals surface area contributed by atoms with E-state index in [1.165, 1.54) is 16.7 Å². The van der Waals surface area contributed by atoms with Crippen molar-refractivity contribution in [2.24, 2.45) is 0 Å². The molecular weight excluding hydrogens is 382 g/mol. The van der Waals surface area contributed by atoms with Gasteiger partial charge in [-0.3, -0.25) is 0 Å². The number of benzene rings is 2. The third kappa shape index (κ3) is 3.76. The van der Waals surface area contributed by atoms with Crippen molar-refractivity contribution >= 4 is 37.5 Å². The van der Waals surface area contributed by atoms with Gasteiger partial charge < -0.3 is 10.1 Å². The first-order valence-electron chi connectivity index (χ1n) is 6.33. The molecule has 0 aliphatic carbocycles. The number of nitrogens with one attached hydrogen (secondary N) is 1. The first-order chi connectivity index (χ1) is 9.49. The molecule has 0 saturated heterocycles. The molecule has 0 aliphatic rings. The number of halogens is 2. The largest absolute Gasteiger partial charge is 0.495 e. The van der Waals surface area contributed by atoms with Crippen molar-refractivity contribution in [2.45, 2.75) is 20.4 Å². The van der Waals surface area contributed by atoms with Crippen molar-refractivity contribution in [3.8, 4) is 5.75 Å². The van der Waals surface area contributed by atoms with E-state index in [2.05, 4.69) is 69.2 Å². The summed E-state index contributed by atoms with van der Waals surface area (Å²) in [7, 11) is 1.67. The highest BCUT2D eigenvalue weighted by Gasteiger charge is 2.07. The van der Waals surface area contributed by atoms with Crippen LogP contribution in [0, 0.1) is 13.8 Å². The van der Waals surface area contributed by atoms with Crippen LogP contribution in [-0.2, 0) is 6.54 Å². The maximum Gasteiger partial charge on any atom is 0.135 e. The van der Waals surface area contributed by atoms with Gasteiger partial charge >= 0.3 is 0 Å². The Morgan fingerprint density at radius 2 is 1.60 bits per heavy atom. The summed E-state index contributed by atoms with van der Waals surface area (Å²) in [6, 6.07) is 10.6. The Balaban J connectivity index is 2.18. The Hall–Kier alpha value is -1.000. The van der Waals surface area contributed by atoms with Gasteiger partial charge in [0.2, 0.25) is 0 Å². The van der Waals surface area contributed by atoms with Crippen LogP contribution in [-0.4, -0.2) is 7.11 Å². The second-order valence-corrected chi connectivity index (χ2v) is 6.52. The van der Waals surface area contributed by atoms with E-state index in [0.717, 1.165) is 26.9 Å². The minimum absolute atomic E-state index is 0.784. The highest BCUT2D eigenvalue weighted by molar-refractivity contribution is 9.11. The molecule has 0 bridgehead atoms. The lowest BCUT2D eigenvalue weighted by Crippen LogP contribution is -2.01. The second-order valence-electron chi connectivity index (χ2n) is 4.82. The maximum absolute atomic E-state index is 5.32. The number of hydrogen-bond acceptors (Lipinski definition) is 2. The summed E-state index contributed by atoms with van der Waals surface area (Å²) in [4.78, 5) is 0. The molecule has 0 spiro atoms. The number of hydrogen-bond donors (Lipinski definition) is 1. The lowest BCUT2D eigenvalue weighted by Gasteiger charge is -2.12. The van der Waals surface area contributed by atoms with Crippen LogP contribution in [0.25, 0.3) is 0 Å². The van der Waals surface area contributed by atoms with Gasteiger partial charge in [0.25, 0.3) is 0 Å². The van der Waals surface area contributed by atoms with Crippen molar-refractivity contribution in [3.05, 3.63) is 56.0 Å². The van der Waals surface area contributed by atoms with Crippen LogP contribution in [0.1, 0.15) is 16.7 Å². The van der Waals surface area contributed by atoms with Crippen molar-refractivity contribution in [2.75, 3.05) is 12.4 Å². The molecule has 1 N–H and O–H groups in total. The molecule has 0 aliphatic heterocycles. The van der Waals surface area contributed by atoms with E-state index in [-0.39, 0.29) is 0 Å². The predicted octanol–water partition coefficient (Wildman–Crippen LogP) is 5.45. The minimum Gasteiger partial charge on any atom is -0.495 e. The average molecular weight is 399 g/mol. The maximum atomic E-state index is 5.32. The summed E-state index contributed by atoms with van der Waals surface area (Å²) in [5, 5.41) is 3.44. The first-order valence-corrected chi connectivity index (χ1v) is 7.92. The monoisotopic (exact) mass is 397 g/mol. The van der Waals surface area contributed by atoms with Gasteiger partial charge in [-0.05, 0) is 57.3 Å². The first kappa shape index (κ1) is 15.4. The van der Waals surface area contributed by atoms with E-state index >= 15 is 0 Å². The van der Waals surface area contributed by atoms with Crippen LogP contribution in [0.3, 0.4) is 0 Å². The Morgan fingerprint density at radius 3 is 2.20 bits per heavy atom. The highest BCUT2D eigenvalue weighted by atomic mass is 79.9. The van der Waals surface area contributed by atoms with Gasteiger partial charge in [-0.1, -0.05) is 29.3 Å². The third-order valence-corrected chi connectivity index (χ3v) is 4.28. The Bertz CT molecular complexity index is 606. The number of anilines is 1. The molecule has 0 unspecified atom stereocenters. The van der Waals surface area contributed by atoms with E-state index in [4.69, 9.17) is 4.74 Å². The smallest absolute Gasteiger partial charge is 0.135 e. The molecule has 0 saturated carbocycles. The fraction of sp³-hybridized carbons (Fsp3) is 0.250. The van der Waals surface area contributed by atoms with E-state index in [9.17, 15) is 0 Å². The standard InChI is InChI=1S/C16H17Br2NO/c1-10-4-11(2)6-12(5-10)9-19-15-8-16(20-3)14(18)7-13(15)17/h4-8,19H,9H2,1-3H3. The Kier molecular flexibility index (Phi) is 5.11. The quantitative estimate of drug-likeness (QED) is 0.739. The third-order valence-electron chi connectivity index (χ3n) is 3.01. The Morgan fingerprint density at radius 1 is 0.950 bits per heavy atom. The van der Waals surface area contributed by atoms with Crippen molar-refractivity contribution in [3.63, 3.8) is 0 Å². The molecule has 2 aromatic rings. The molecule has 2 nitrogen and oxygen atoms in total. The van der Waals surface area contributed by atoms with Gasteiger partial charge in [-0.15, -0.1) is 0 Å². The van der Waals surface area contributed by atoms with Crippen LogP contribution in [0.5, 0.6) is 5.75 Å². The summed E-state index contributed by atoms with van der Waals surface area (Å²) in [6.07, 6.45) is 0. The fourth-order valence-electron chi connectivity index (χ4n) is 2.19. The van der Waals surface area contributed by atoms with Crippen LogP contribution < -0.4 is 10.1 Å². The van der Waals surface area contributed by atoms with Crippen molar-refractivity contribution < 1.29 is 4.74 Å². The number of aryl methyl sites for hydroxylation is 2. The minimum atomic E-state index is 0.784. The zero-order chi connectivity index (χ0) is 14.7. The predicted molar refractivity (Wildman–Crippen MR) is 91.6 cm³/mol. The van der Waals surface area contributed by atoms with Crippen molar-refractivity contribution in [1.29, 1.82) is 0 Å². The van der Waals surface area contributed by atoms with Crippen LogP contribution >= 0.6 is 31.9 Å². The van der Waals surface area contributed by atoms with Crippen LogP contribution in [0.2, 0.25) is 0 Å². The lowest BCUT2D eigenvalue weighted by molar-refractivity contribution is 0.412. The van der Waals surface area contributed by atoms with E-state index in [1.807, 2.05) is 12.1 Å². The molecule has 0 amide bonds. The molecule has 4 heteroatoms. The van der Waals surface area contributed by atoms with Crippen LogP contribution in [0.15, 0.2) is 39.3 Å². The van der Waals surface area contributed by atoms with Gasteiger partial charge in [-0.25, -0.2) is 0 Å². The fourth-order valence-corrected chi connectivity index (χ4v) is 3.49. The molecule has 0 fully saturated rings. The lowest BCUT2D eigenvalue weighted by atomic mass is 10.1. The van der Waals surface area contributed by atoms with Gasteiger partial charge in [0.05, 0.1) is 17.3 Å². The molecule has 0 aromatic heterocycles. The van der Waals surface area contributed by atoms with Crippen LogP contribution in [0.4, 0.5) is 5.69 Å². The summed E-state index contributed by atoms with van der Waals surface area (Å²) in [6.45, 7) is 5.02. The topological polar surface area (TPSA) is 21.3 Å². The number of ether oxygens (including phenoxy) is 1. The number of rotatable bonds is 4. The molecule has 20 heavy (non-hydrogen) atoms.